The van der Waals surface area contributed by atoms with Crippen molar-refractivity contribution in [1.29, 1.82) is 0 Å². The van der Waals surface area contributed by atoms with Gasteiger partial charge >= 0.3 is 0 Å². The van der Waals surface area contributed by atoms with Crippen molar-refractivity contribution in [3.8, 4) is 17.2 Å². The smallest absolute Gasteiger partial charge is 0.294 e. The first-order valence-electron chi connectivity index (χ1n) is 12.5. The monoisotopic (exact) mass is 520 g/mol. The largest absolute Gasteiger partial charge is 0.493 e. The van der Waals surface area contributed by atoms with Gasteiger partial charge in [0.05, 0.1) is 27.6 Å². The third-order valence-corrected chi connectivity index (χ3v) is 6.69. The van der Waals surface area contributed by atoms with E-state index >= 15 is 0 Å². The fourth-order valence-corrected chi connectivity index (χ4v) is 4.80. The van der Waals surface area contributed by atoms with Crippen LogP contribution < -0.4 is 24.4 Å². The summed E-state index contributed by atoms with van der Waals surface area (Å²) in [7, 11) is 4.46. The summed E-state index contributed by atoms with van der Waals surface area (Å²) in [5.41, 5.74) is 1.20. The fourth-order valence-electron chi connectivity index (χ4n) is 4.80. The highest BCUT2D eigenvalue weighted by Gasteiger charge is 2.37. The predicted octanol–water partition coefficient (Wildman–Crippen LogP) is 4.95. The van der Waals surface area contributed by atoms with Crippen LogP contribution >= 0.6 is 0 Å². The average Bonchev–Trinajstić information content (AvgIpc) is 3.65. The molecule has 2 amide bonds. The zero-order chi connectivity index (χ0) is 27.2. The molecule has 1 N–H and O–H groups in total. The number of amides is 2. The van der Waals surface area contributed by atoms with Gasteiger partial charge in [0.2, 0.25) is 11.7 Å². The topological polar surface area (TPSA) is 107 Å². The molecule has 1 heterocycles. The average molecular weight is 521 g/mol. The number of rotatable bonds is 10. The van der Waals surface area contributed by atoms with Crippen molar-refractivity contribution in [2.45, 2.75) is 44.7 Å². The summed E-state index contributed by atoms with van der Waals surface area (Å²) in [6.45, 7) is 1.45. The molecule has 9 nitrogen and oxygen atoms in total. The second-order valence-electron chi connectivity index (χ2n) is 9.11. The van der Waals surface area contributed by atoms with Gasteiger partial charge in [-0.05, 0) is 61.7 Å². The van der Waals surface area contributed by atoms with E-state index in [2.05, 4.69) is 5.32 Å². The number of Topliss-reactive ketones (excluding diaryl/α,β-unsaturated/α-hetero) is 1. The van der Waals surface area contributed by atoms with E-state index in [1.165, 1.54) is 45.5 Å². The zero-order valence-electron chi connectivity index (χ0n) is 22.0. The molecule has 9 heteroatoms. The Bertz CT molecular complexity index is 1270. The first kappa shape index (κ1) is 26.8. The van der Waals surface area contributed by atoms with E-state index < -0.39 is 11.9 Å². The minimum Gasteiger partial charge on any atom is -0.493 e. The summed E-state index contributed by atoms with van der Waals surface area (Å²) < 4.78 is 22.0. The number of hydrogen-bond acceptors (Lipinski definition) is 7. The highest BCUT2D eigenvalue weighted by molar-refractivity contribution is 6.09. The number of carbonyl (C=O) groups is 3. The molecular weight excluding hydrogens is 488 g/mol. The van der Waals surface area contributed by atoms with Crippen LogP contribution in [0.5, 0.6) is 17.2 Å². The number of carbonyl (C=O) groups excluding carboxylic acids is 3. The van der Waals surface area contributed by atoms with E-state index in [-0.39, 0.29) is 23.5 Å². The lowest BCUT2D eigenvalue weighted by atomic mass is 10.00. The van der Waals surface area contributed by atoms with Crippen molar-refractivity contribution in [3.05, 3.63) is 71.7 Å². The molecule has 4 rings (SSSR count). The van der Waals surface area contributed by atoms with E-state index in [0.717, 1.165) is 25.7 Å². The maximum Gasteiger partial charge on any atom is 0.294 e. The highest BCUT2D eigenvalue weighted by atomic mass is 16.5. The normalized spacial score (nSPS) is 14.0. The number of nitrogens with zero attached hydrogens (tertiary/aromatic N) is 1. The second-order valence-corrected chi connectivity index (χ2v) is 9.11. The Morgan fingerprint density at radius 3 is 2.18 bits per heavy atom. The molecule has 0 bridgehead atoms. The lowest BCUT2D eigenvalue weighted by Gasteiger charge is -2.32. The van der Waals surface area contributed by atoms with Crippen LogP contribution in [0.2, 0.25) is 0 Å². The lowest BCUT2D eigenvalue weighted by Crippen LogP contribution is -2.46. The predicted molar refractivity (Wildman–Crippen MR) is 141 cm³/mol. The molecule has 1 aromatic heterocycles. The quantitative estimate of drug-likeness (QED) is 0.377. The molecule has 1 atom stereocenters. The third kappa shape index (κ3) is 5.51. The second kappa shape index (κ2) is 11.9. The van der Waals surface area contributed by atoms with Crippen LogP contribution in [-0.2, 0) is 4.79 Å². The minimum absolute atomic E-state index is 0.00356. The standard InChI is InChI=1S/C29H32N2O7/c1-18(32)19-9-7-12-22(15-19)31(29(34)23-13-8-14-38-23)26(28(33)30-21-10-5-6-11-21)20-16-24(35-2)27(37-4)25(17-20)36-3/h7-9,12-17,21,26H,5-6,10-11H2,1-4H3,(H,30,33). The van der Waals surface area contributed by atoms with Crippen molar-refractivity contribution in [1.82, 2.24) is 5.32 Å². The summed E-state index contributed by atoms with van der Waals surface area (Å²) >= 11 is 0. The Hall–Kier alpha value is -4.27. The third-order valence-electron chi connectivity index (χ3n) is 6.69. The molecule has 1 unspecified atom stereocenters. The summed E-state index contributed by atoms with van der Waals surface area (Å²) in [5.74, 6) is -0.0142. The molecule has 38 heavy (non-hydrogen) atoms. The number of anilines is 1. The number of hydrogen-bond donors (Lipinski definition) is 1. The van der Waals surface area contributed by atoms with Gasteiger partial charge in [-0.15, -0.1) is 0 Å². The van der Waals surface area contributed by atoms with Gasteiger partial charge in [0.25, 0.3) is 5.91 Å². The van der Waals surface area contributed by atoms with Crippen LogP contribution in [0.15, 0.2) is 59.2 Å². The lowest BCUT2D eigenvalue weighted by molar-refractivity contribution is -0.123. The summed E-state index contributed by atoms with van der Waals surface area (Å²) in [5, 5.41) is 3.13. The maximum absolute atomic E-state index is 14.0. The number of nitrogens with one attached hydrogen (secondary N) is 1. The summed E-state index contributed by atoms with van der Waals surface area (Å²) in [6, 6.07) is 11.9. The van der Waals surface area contributed by atoms with Crippen LogP contribution in [0.3, 0.4) is 0 Å². The zero-order valence-corrected chi connectivity index (χ0v) is 22.0. The number of methoxy groups -OCH3 is 3. The van der Waals surface area contributed by atoms with Crippen molar-refractivity contribution in [2.75, 3.05) is 26.2 Å². The summed E-state index contributed by atoms with van der Waals surface area (Å²) in [4.78, 5) is 41.6. The van der Waals surface area contributed by atoms with Crippen LogP contribution in [0.1, 0.15) is 65.1 Å². The number of furan rings is 1. The Balaban J connectivity index is 1.93. The van der Waals surface area contributed by atoms with E-state index in [0.29, 0.717) is 34.1 Å². The molecule has 200 valence electrons. The van der Waals surface area contributed by atoms with Crippen molar-refractivity contribution >= 4 is 23.3 Å². The van der Waals surface area contributed by atoms with E-state index in [1.54, 1.807) is 42.5 Å². The Labute approximate surface area is 221 Å². The highest BCUT2D eigenvalue weighted by Crippen LogP contribution is 2.42. The van der Waals surface area contributed by atoms with Crippen LogP contribution in [0, 0.1) is 0 Å². The molecular formula is C29H32N2O7. The fraction of sp³-hybridized carbons (Fsp3) is 0.345. The minimum atomic E-state index is -1.15. The Morgan fingerprint density at radius 2 is 1.63 bits per heavy atom. The number of ether oxygens (including phenoxy) is 3. The molecule has 0 saturated heterocycles. The molecule has 2 aromatic carbocycles. The first-order chi connectivity index (χ1) is 18.4. The van der Waals surface area contributed by atoms with Gasteiger partial charge in [0.15, 0.2) is 23.0 Å². The van der Waals surface area contributed by atoms with Crippen LogP contribution in [0.25, 0.3) is 0 Å². The van der Waals surface area contributed by atoms with Gasteiger partial charge in [-0.25, -0.2) is 0 Å². The first-order valence-corrected chi connectivity index (χ1v) is 12.5. The van der Waals surface area contributed by atoms with Crippen molar-refractivity contribution < 1.29 is 33.0 Å². The number of benzene rings is 2. The Kier molecular flexibility index (Phi) is 8.35. The van der Waals surface area contributed by atoms with Crippen LogP contribution in [0.4, 0.5) is 5.69 Å². The molecule has 0 aliphatic heterocycles. The number of ketones is 1. The SMILES string of the molecule is COc1cc(C(C(=O)NC2CCCC2)N(C(=O)c2ccco2)c2cccc(C(C)=O)c2)cc(OC)c1OC. The van der Waals surface area contributed by atoms with Crippen molar-refractivity contribution in [2.24, 2.45) is 0 Å². The Morgan fingerprint density at radius 1 is 0.947 bits per heavy atom. The molecule has 1 aliphatic carbocycles. The molecule has 3 aromatic rings. The van der Waals surface area contributed by atoms with Gasteiger partial charge in [0.1, 0.15) is 6.04 Å². The van der Waals surface area contributed by atoms with Crippen LogP contribution in [-0.4, -0.2) is 45.0 Å². The molecule has 1 fully saturated rings. The van der Waals surface area contributed by atoms with E-state index in [4.69, 9.17) is 18.6 Å². The van der Waals surface area contributed by atoms with Gasteiger partial charge in [0, 0.05) is 17.3 Å². The van der Waals surface area contributed by atoms with Gasteiger partial charge in [-0.1, -0.05) is 25.0 Å². The maximum atomic E-state index is 14.0. The van der Waals surface area contributed by atoms with Gasteiger partial charge < -0.3 is 23.9 Å². The molecule has 0 spiro atoms. The van der Waals surface area contributed by atoms with Crippen molar-refractivity contribution in [3.63, 3.8) is 0 Å². The van der Waals surface area contributed by atoms with Gasteiger partial charge in [-0.2, -0.15) is 0 Å². The van der Waals surface area contributed by atoms with E-state index in [9.17, 15) is 14.4 Å². The summed E-state index contributed by atoms with van der Waals surface area (Å²) in [6.07, 6.45) is 5.16. The van der Waals surface area contributed by atoms with E-state index in [1.807, 2.05) is 0 Å². The molecule has 1 saturated carbocycles. The molecule has 0 radical (unpaired) electrons. The van der Waals surface area contributed by atoms with Gasteiger partial charge in [-0.3, -0.25) is 19.3 Å². The molecule has 1 aliphatic rings.